The highest BCUT2D eigenvalue weighted by atomic mass is 32.2. The molecule has 6 heteroatoms. The first kappa shape index (κ1) is 22.6. The van der Waals surface area contributed by atoms with E-state index < -0.39 is 5.41 Å². The van der Waals surface area contributed by atoms with E-state index in [2.05, 4.69) is 56.7 Å². The molecule has 5 nitrogen and oxygen atoms in total. The van der Waals surface area contributed by atoms with Crippen molar-refractivity contribution in [1.29, 1.82) is 0 Å². The fraction of sp³-hybridized carbons (Fsp3) is 0.233. The SMILES string of the molecule is CC1(C)C(=O)Nc2cc(C#Cc3nccc4cnc(Nc5ccc(SC6CCC6)cc5)cc34)ccc21. The number of nitrogens with one attached hydrogen (secondary N) is 2. The van der Waals surface area contributed by atoms with Gasteiger partial charge in [0.05, 0.1) is 5.41 Å². The third kappa shape index (κ3) is 4.31. The van der Waals surface area contributed by atoms with E-state index in [0.29, 0.717) is 5.69 Å². The minimum absolute atomic E-state index is 0.0117. The van der Waals surface area contributed by atoms with Crippen LogP contribution >= 0.6 is 11.8 Å². The molecule has 4 aromatic rings. The molecule has 1 fully saturated rings. The molecule has 0 unspecified atom stereocenters. The number of pyridine rings is 2. The number of carbonyl (C=O) groups is 1. The molecule has 1 aliphatic carbocycles. The van der Waals surface area contributed by atoms with Gasteiger partial charge in [-0.2, -0.15) is 0 Å². The zero-order valence-corrected chi connectivity index (χ0v) is 21.1. The largest absolute Gasteiger partial charge is 0.340 e. The van der Waals surface area contributed by atoms with E-state index in [1.165, 1.54) is 24.2 Å². The molecule has 2 N–H and O–H groups in total. The lowest BCUT2D eigenvalue weighted by Crippen LogP contribution is -2.26. The van der Waals surface area contributed by atoms with Gasteiger partial charge in [0.15, 0.2) is 0 Å². The Bertz CT molecular complexity index is 1550. The van der Waals surface area contributed by atoms with Gasteiger partial charge in [-0.05, 0) is 86.7 Å². The number of fused-ring (bicyclic) bond motifs is 2. The summed E-state index contributed by atoms with van der Waals surface area (Å²) in [5.74, 6) is 7.20. The molecule has 0 saturated heterocycles. The standard InChI is InChI=1S/C30H26N4OS/c1-30(2)25-12-6-19(16-27(25)34-29(30)35)7-13-26-24-17-28(32-18-20(24)14-15-31-26)33-21-8-10-23(11-9-21)36-22-4-3-5-22/h6,8-12,14-18,22H,3-5H2,1-2H3,(H,32,33)(H,34,35). The zero-order valence-electron chi connectivity index (χ0n) is 20.3. The Morgan fingerprint density at radius 1 is 1.03 bits per heavy atom. The number of amides is 1. The lowest BCUT2D eigenvalue weighted by Gasteiger charge is -2.24. The Hall–Kier alpha value is -3.82. The van der Waals surface area contributed by atoms with Gasteiger partial charge >= 0.3 is 0 Å². The Balaban J connectivity index is 1.24. The maximum absolute atomic E-state index is 12.3. The number of rotatable bonds is 4. The number of benzene rings is 2. The molecule has 36 heavy (non-hydrogen) atoms. The van der Waals surface area contributed by atoms with Gasteiger partial charge in [-0.3, -0.25) is 4.79 Å². The van der Waals surface area contributed by atoms with Gasteiger partial charge in [-0.25, -0.2) is 9.97 Å². The summed E-state index contributed by atoms with van der Waals surface area (Å²) in [4.78, 5) is 22.7. The molecule has 0 spiro atoms. The number of hydrogen-bond donors (Lipinski definition) is 2. The smallest absolute Gasteiger partial charge is 0.234 e. The predicted octanol–water partition coefficient (Wildman–Crippen LogP) is 6.65. The number of anilines is 3. The van der Waals surface area contributed by atoms with Crippen LogP contribution in [0.3, 0.4) is 0 Å². The van der Waals surface area contributed by atoms with Gasteiger partial charge in [0.2, 0.25) is 5.91 Å². The van der Waals surface area contributed by atoms with Crippen LogP contribution in [0.5, 0.6) is 0 Å². The summed E-state index contributed by atoms with van der Waals surface area (Å²) in [5, 5.41) is 9.07. The zero-order chi connectivity index (χ0) is 24.7. The van der Waals surface area contributed by atoms with Gasteiger partial charge in [0.25, 0.3) is 0 Å². The minimum Gasteiger partial charge on any atom is -0.340 e. The Morgan fingerprint density at radius 3 is 2.64 bits per heavy atom. The van der Waals surface area contributed by atoms with Crippen LogP contribution in [0, 0.1) is 11.8 Å². The van der Waals surface area contributed by atoms with Crippen LogP contribution in [-0.4, -0.2) is 21.1 Å². The molecule has 0 atom stereocenters. The quantitative estimate of drug-likeness (QED) is 0.314. The summed E-state index contributed by atoms with van der Waals surface area (Å²) >= 11 is 1.97. The summed E-state index contributed by atoms with van der Waals surface area (Å²) in [6, 6.07) is 18.4. The van der Waals surface area contributed by atoms with Crippen LogP contribution in [0.2, 0.25) is 0 Å². The van der Waals surface area contributed by atoms with E-state index in [0.717, 1.165) is 44.3 Å². The molecule has 1 amide bonds. The lowest BCUT2D eigenvalue weighted by molar-refractivity contribution is -0.119. The summed E-state index contributed by atoms with van der Waals surface area (Å²) in [6.07, 6.45) is 7.61. The number of aromatic nitrogens is 2. The van der Waals surface area contributed by atoms with Crippen LogP contribution < -0.4 is 10.6 Å². The van der Waals surface area contributed by atoms with Crippen molar-refractivity contribution >= 4 is 45.6 Å². The number of carbonyl (C=O) groups excluding carboxylic acids is 1. The van der Waals surface area contributed by atoms with Crippen molar-refractivity contribution < 1.29 is 4.79 Å². The maximum Gasteiger partial charge on any atom is 0.234 e. The molecular formula is C30H26N4OS. The second-order valence-electron chi connectivity index (χ2n) is 9.86. The van der Waals surface area contributed by atoms with Crippen molar-refractivity contribution in [3.63, 3.8) is 0 Å². The van der Waals surface area contributed by atoms with E-state index >= 15 is 0 Å². The molecular weight excluding hydrogens is 464 g/mol. The van der Waals surface area contributed by atoms with Crippen molar-refractivity contribution in [1.82, 2.24) is 9.97 Å². The fourth-order valence-corrected chi connectivity index (χ4v) is 5.73. The number of hydrogen-bond acceptors (Lipinski definition) is 5. The number of nitrogens with zero attached hydrogens (tertiary/aromatic N) is 2. The van der Waals surface area contributed by atoms with Crippen molar-refractivity contribution in [2.24, 2.45) is 0 Å². The van der Waals surface area contributed by atoms with Gasteiger partial charge in [-0.15, -0.1) is 11.8 Å². The van der Waals surface area contributed by atoms with E-state index in [1.807, 2.05) is 62.1 Å². The summed E-state index contributed by atoms with van der Waals surface area (Å²) < 4.78 is 0. The normalized spacial score (nSPS) is 16.0. The van der Waals surface area contributed by atoms with Crippen LogP contribution in [0.4, 0.5) is 17.2 Å². The molecule has 2 aromatic heterocycles. The minimum atomic E-state index is -0.523. The molecule has 1 saturated carbocycles. The predicted molar refractivity (Wildman–Crippen MR) is 147 cm³/mol. The third-order valence-corrected chi connectivity index (χ3v) is 8.31. The van der Waals surface area contributed by atoms with Crippen LogP contribution in [0.1, 0.15) is 49.9 Å². The second kappa shape index (κ2) is 9.00. The fourth-order valence-electron chi connectivity index (χ4n) is 4.48. The van der Waals surface area contributed by atoms with E-state index in [9.17, 15) is 4.79 Å². The second-order valence-corrected chi connectivity index (χ2v) is 11.2. The third-order valence-electron chi connectivity index (χ3n) is 6.96. The van der Waals surface area contributed by atoms with Gasteiger partial charge in [0, 0.05) is 50.2 Å². The van der Waals surface area contributed by atoms with Crippen molar-refractivity contribution in [2.75, 3.05) is 10.6 Å². The summed E-state index contributed by atoms with van der Waals surface area (Å²) in [5.41, 5.74) is 3.82. The van der Waals surface area contributed by atoms with Gasteiger partial charge < -0.3 is 10.6 Å². The molecule has 178 valence electrons. The van der Waals surface area contributed by atoms with Crippen LogP contribution in [0.15, 0.2) is 71.9 Å². The van der Waals surface area contributed by atoms with E-state index in [-0.39, 0.29) is 5.91 Å². The van der Waals surface area contributed by atoms with Crippen LogP contribution in [0.25, 0.3) is 10.8 Å². The van der Waals surface area contributed by atoms with Crippen molar-refractivity contribution in [2.45, 2.75) is 48.7 Å². The average molecular weight is 491 g/mol. The molecule has 0 bridgehead atoms. The van der Waals surface area contributed by atoms with Gasteiger partial charge in [0.1, 0.15) is 11.5 Å². The van der Waals surface area contributed by atoms with Crippen molar-refractivity contribution in [3.8, 4) is 11.8 Å². The van der Waals surface area contributed by atoms with E-state index in [1.54, 1.807) is 6.20 Å². The first-order valence-electron chi connectivity index (χ1n) is 12.2. The Morgan fingerprint density at radius 2 is 1.86 bits per heavy atom. The highest BCUT2D eigenvalue weighted by Gasteiger charge is 2.38. The monoisotopic (exact) mass is 490 g/mol. The first-order valence-corrected chi connectivity index (χ1v) is 13.1. The van der Waals surface area contributed by atoms with Gasteiger partial charge in [-0.1, -0.05) is 18.4 Å². The molecule has 6 rings (SSSR count). The summed E-state index contributed by atoms with van der Waals surface area (Å²) in [6.45, 7) is 3.86. The Kier molecular flexibility index (Phi) is 5.66. The maximum atomic E-state index is 12.3. The van der Waals surface area contributed by atoms with Crippen LogP contribution in [-0.2, 0) is 10.2 Å². The first-order chi connectivity index (χ1) is 17.5. The summed E-state index contributed by atoms with van der Waals surface area (Å²) in [7, 11) is 0. The van der Waals surface area contributed by atoms with Crippen molar-refractivity contribution in [3.05, 3.63) is 83.8 Å². The molecule has 2 aromatic carbocycles. The number of thioether (sulfide) groups is 1. The Labute approximate surface area is 215 Å². The molecule has 0 radical (unpaired) electrons. The molecule has 2 aliphatic rings. The highest BCUT2D eigenvalue weighted by Crippen LogP contribution is 2.38. The molecule has 1 aliphatic heterocycles. The average Bonchev–Trinajstić information content (AvgIpc) is 3.08. The van der Waals surface area contributed by atoms with E-state index in [4.69, 9.17) is 0 Å². The highest BCUT2D eigenvalue weighted by molar-refractivity contribution is 8.00. The lowest BCUT2D eigenvalue weighted by atomic mass is 9.86. The molecule has 3 heterocycles. The topological polar surface area (TPSA) is 66.9 Å².